The summed E-state index contributed by atoms with van der Waals surface area (Å²) < 4.78 is 2.03. The van der Waals surface area contributed by atoms with Gasteiger partial charge in [0.25, 0.3) is 5.56 Å². The third-order valence-electron chi connectivity index (χ3n) is 2.12. The van der Waals surface area contributed by atoms with Crippen LogP contribution in [0.2, 0.25) is 0 Å². The van der Waals surface area contributed by atoms with E-state index in [1.165, 1.54) is 6.20 Å². The highest BCUT2D eigenvalue weighted by atomic mass is 79.9. The van der Waals surface area contributed by atoms with Gasteiger partial charge in [-0.1, -0.05) is 0 Å². The number of ketones is 1. The summed E-state index contributed by atoms with van der Waals surface area (Å²) in [4.78, 5) is 26.5. The number of nitrogens with zero attached hydrogens (tertiary/aromatic N) is 2. The van der Waals surface area contributed by atoms with Crippen molar-refractivity contribution < 1.29 is 4.79 Å². The van der Waals surface area contributed by atoms with Crippen LogP contribution in [-0.4, -0.2) is 15.3 Å². The van der Waals surface area contributed by atoms with Crippen molar-refractivity contribution in [2.75, 3.05) is 0 Å². The van der Waals surface area contributed by atoms with Crippen LogP contribution in [0.15, 0.2) is 15.5 Å². The summed E-state index contributed by atoms with van der Waals surface area (Å²) in [6.07, 6.45) is 2.67. The first-order valence-electron chi connectivity index (χ1n) is 4.73. The highest BCUT2D eigenvalue weighted by Crippen LogP contribution is 2.03. The fourth-order valence-electron chi connectivity index (χ4n) is 1.30. The molecule has 0 atom stereocenters. The average Bonchev–Trinajstić information content (AvgIpc) is 2.17. The van der Waals surface area contributed by atoms with E-state index >= 15 is 0 Å². The van der Waals surface area contributed by atoms with Crippen molar-refractivity contribution >= 4 is 21.7 Å². The number of aryl methyl sites for hydroxylation is 1. The van der Waals surface area contributed by atoms with Crippen LogP contribution < -0.4 is 5.56 Å². The lowest BCUT2D eigenvalue weighted by Gasteiger charge is -2.08. The van der Waals surface area contributed by atoms with Crippen LogP contribution >= 0.6 is 15.9 Å². The first kappa shape index (κ1) is 12.1. The lowest BCUT2D eigenvalue weighted by molar-refractivity contribution is -0.117. The van der Waals surface area contributed by atoms with E-state index < -0.39 is 0 Å². The zero-order chi connectivity index (χ0) is 11.4. The van der Waals surface area contributed by atoms with Crippen LogP contribution in [-0.2, 0) is 11.3 Å². The molecule has 82 valence electrons. The lowest BCUT2D eigenvalue weighted by atomic mass is 10.2. The Kier molecular flexibility index (Phi) is 4.20. The molecule has 0 saturated carbocycles. The Labute approximate surface area is 96.5 Å². The molecular formula is C10H13BrN2O2. The zero-order valence-corrected chi connectivity index (χ0v) is 10.4. The number of carbonyl (C=O) groups is 1. The summed E-state index contributed by atoms with van der Waals surface area (Å²) in [6.45, 7) is 3.87. The largest absolute Gasteiger partial charge is 0.300 e. The predicted octanol–water partition coefficient (Wildman–Crippen LogP) is 1.68. The first-order chi connectivity index (χ1) is 7.02. The maximum absolute atomic E-state index is 11.7. The minimum Gasteiger partial charge on any atom is -0.300 e. The molecule has 1 aromatic rings. The number of carbonyl (C=O) groups excluding carboxylic acids is 1. The second-order valence-electron chi connectivity index (χ2n) is 3.42. The van der Waals surface area contributed by atoms with Crippen molar-refractivity contribution in [2.24, 2.45) is 0 Å². The Hall–Kier alpha value is -0.970. The van der Waals surface area contributed by atoms with Crippen LogP contribution in [0, 0.1) is 6.92 Å². The molecule has 1 heterocycles. The smallest absolute Gasteiger partial charge is 0.267 e. The van der Waals surface area contributed by atoms with Crippen LogP contribution in [0.3, 0.4) is 0 Å². The van der Waals surface area contributed by atoms with Crippen molar-refractivity contribution in [3.8, 4) is 0 Å². The molecule has 0 saturated heterocycles. The molecule has 5 heteroatoms. The van der Waals surface area contributed by atoms with Crippen molar-refractivity contribution in [1.29, 1.82) is 0 Å². The highest BCUT2D eigenvalue weighted by molar-refractivity contribution is 9.10. The molecule has 1 aromatic heterocycles. The van der Waals surface area contributed by atoms with Crippen LogP contribution in [0.1, 0.15) is 25.6 Å². The summed E-state index contributed by atoms with van der Waals surface area (Å²) in [5.74, 6) is 0.815. The number of Topliss-reactive ketones (excluding diaryl/α,β-unsaturated/α-hetero) is 1. The van der Waals surface area contributed by atoms with Crippen molar-refractivity contribution in [1.82, 2.24) is 9.55 Å². The van der Waals surface area contributed by atoms with Gasteiger partial charge >= 0.3 is 0 Å². The van der Waals surface area contributed by atoms with E-state index in [0.29, 0.717) is 29.7 Å². The fraction of sp³-hybridized carbons (Fsp3) is 0.500. The molecular weight excluding hydrogens is 260 g/mol. The second-order valence-corrected chi connectivity index (χ2v) is 4.27. The van der Waals surface area contributed by atoms with Gasteiger partial charge in [0.2, 0.25) is 0 Å². The Morgan fingerprint density at radius 1 is 1.60 bits per heavy atom. The molecule has 1 rings (SSSR count). The van der Waals surface area contributed by atoms with Gasteiger partial charge in [-0.3, -0.25) is 9.36 Å². The maximum Gasteiger partial charge on any atom is 0.267 e. The third kappa shape index (κ3) is 3.27. The Bertz CT molecular complexity index is 426. The molecule has 0 radical (unpaired) electrons. The van der Waals surface area contributed by atoms with Gasteiger partial charge in [-0.15, -0.1) is 0 Å². The quantitative estimate of drug-likeness (QED) is 0.838. The SMILES string of the molecule is CC(=O)CCCn1c(C)ncc(Br)c1=O. The van der Waals surface area contributed by atoms with Gasteiger partial charge in [0, 0.05) is 19.2 Å². The monoisotopic (exact) mass is 272 g/mol. The van der Waals surface area contributed by atoms with E-state index in [-0.39, 0.29) is 11.3 Å². The number of aromatic nitrogens is 2. The van der Waals surface area contributed by atoms with E-state index in [0.717, 1.165) is 0 Å². The van der Waals surface area contributed by atoms with Gasteiger partial charge in [0.15, 0.2) is 0 Å². The van der Waals surface area contributed by atoms with E-state index in [1.54, 1.807) is 18.4 Å². The standard InChI is InChI=1S/C10H13BrN2O2/c1-7(14)4-3-5-13-8(2)12-6-9(11)10(13)15/h6H,3-5H2,1-2H3. The van der Waals surface area contributed by atoms with E-state index in [1.807, 2.05) is 0 Å². The fourth-order valence-corrected chi connectivity index (χ4v) is 1.62. The number of halogens is 1. The Morgan fingerprint density at radius 3 is 2.87 bits per heavy atom. The molecule has 15 heavy (non-hydrogen) atoms. The maximum atomic E-state index is 11.7. The summed E-state index contributed by atoms with van der Waals surface area (Å²) in [5.41, 5.74) is -0.0916. The summed E-state index contributed by atoms with van der Waals surface area (Å²) in [7, 11) is 0. The minimum atomic E-state index is -0.0916. The predicted molar refractivity (Wildman–Crippen MR) is 60.8 cm³/mol. The molecule has 0 unspecified atom stereocenters. The normalized spacial score (nSPS) is 10.3. The van der Waals surface area contributed by atoms with Gasteiger partial charge in [0.05, 0.1) is 0 Å². The molecule has 0 bridgehead atoms. The van der Waals surface area contributed by atoms with E-state index in [2.05, 4.69) is 20.9 Å². The number of hydrogen-bond acceptors (Lipinski definition) is 3. The van der Waals surface area contributed by atoms with Crippen molar-refractivity contribution in [2.45, 2.75) is 33.2 Å². The molecule has 0 fully saturated rings. The molecule has 0 aliphatic heterocycles. The summed E-state index contributed by atoms with van der Waals surface area (Å²) >= 11 is 3.14. The van der Waals surface area contributed by atoms with Gasteiger partial charge in [-0.25, -0.2) is 4.98 Å². The second kappa shape index (κ2) is 5.21. The molecule has 0 spiro atoms. The molecule has 0 aliphatic rings. The van der Waals surface area contributed by atoms with Crippen molar-refractivity contribution in [3.05, 3.63) is 26.8 Å². The minimum absolute atomic E-state index is 0.0916. The summed E-state index contributed by atoms with van der Waals surface area (Å²) in [5, 5.41) is 0. The topological polar surface area (TPSA) is 52.0 Å². The molecule has 4 nitrogen and oxygen atoms in total. The van der Waals surface area contributed by atoms with Gasteiger partial charge in [0.1, 0.15) is 16.1 Å². The number of hydrogen-bond donors (Lipinski definition) is 0. The van der Waals surface area contributed by atoms with Crippen LogP contribution in [0.5, 0.6) is 0 Å². The Balaban J connectivity index is 2.80. The Morgan fingerprint density at radius 2 is 2.27 bits per heavy atom. The zero-order valence-electron chi connectivity index (χ0n) is 8.79. The number of rotatable bonds is 4. The lowest BCUT2D eigenvalue weighted by Crippen LogP contribution is -2.24. The van der Waals surface area contributed by atoms with Gasteiger partial charge in [-0.05, 0) is 36.2 Å². The van der Waals surface area contributed by atoms with Gasteiger partial charge < -0.3 is 4.79 Å². The van der Waals surface area contributed by atoms with E-state index in [4.69, 9.17) is 0 Å². The highest BCUT2D eigenvalue weighted by Gasteiger charge is 2.05. The van der Waals surface area contributed by atoms with Crippen LogP contribution in [0.25, 0.3) is 0 Å². The molecule has 0 amide bonds. The molecule has 0 aliphatic carbocycles. The van der Waals surface area contributed by atoms with E-state index in [9.17, 15) is 9.59 Å². The third-order valence-corrected chi connectivity index (χ3v) is 2.66. The van der Waals surface area contributed by atoms with Crippen LogP contribution in [0.4, 0.5) is 0 Å². The van der Waals surface area contributed by atoms with Crippen molar-refractivity contribution in [3.63, 3.8) is 0 Å². The summed E-state index contributed by atoms with van der Waals surface area (Å²) in [6, 6.07) is 0. The molecule has 0 aromatic carbocycles. The molecule has 0 N–H and O–H groups in total. The first-order valence-corrected chi connectivity index (χ1v) is 5.53. The average molecular weight is 273 g/mol. The van der Waals surface area contributed by atoms with Gasteiger partial charge in [-0.2, -0.15) is 0 Å².